The Bertz CT molecular complexity index is 2930. The summed E-state index contributed by atoms with van der Waals surface area (Å²) in [6.45, 7) is 7.92. The van der Waals surface area contributed by atoms with E-state index in [1.165, 1.54) is 73.4 Å². The monoisotopic (exact) mass is 1080 g/mol. The quantitative estimate of drug-likeness (QED) is 0.0430. The number of hydrogen-bond donors (Lipinski definition) is 4. The van der Waals surface area contributed by atoms with Crippen molar-refractivity contribution >= 4 is 48.5 Å². The Hall–Kier alpha value is -9.96. The molecule has 4 amide bonds. The average Bonchev–Trinajstić information content (AvgIpc) is 3.42. The molecule has 0 heterocycles. The van der Waals surface area contributed by atoms with Gasteiger partial charge in [-0.1, -0.05) is 168 Å². The number of halogens is 4. The first kappa shape index (κ1) is 60.9. The van der Waals surface area contributed by atoms with Crippen LogP contribution in [0.25, 0.3) is 0 Å². The van der Waals surface area contributed by atoms with Crippen molar-refractivity contribution in [2.45, 2.75) is 53.4 Å². The first-order valence-electron chi connectivity index (χ1n) is 25.1. The largest absolute Gasteiger partial charge is 0.273 e. The molecule has 0 aromatic heterocycles. The van der Waals surface area contributed by atoms with Gasteiger partial charge in [-0.15, -0.1) is 0 Å². The van der Waals surface area contributed by atoms with Gasteiger partial charge in [0.15, 0.2) is 0 Å². The molecule has 0 fully saturated rings. The van der Waals surface area contributed by atoms with E-state index in [-0.39, 0.29) is 72.6 Å². The molecule has 16 heteroatoms. The van der Waals surface area contributed by atoms with Crippen LogP contribution in [-0.2, 0) is 44.9 Å². The van der Waals surface area contributed by atoms with Crippen molar-refractivity contribution in [2.24, 2.45) is 20.4 Å². The Kier molecular flexibility index (Phi) is 25.3. The number of nitrogens with one attached hydrogen (secondary N) is 4. The summed E-state index contributed by atoms with van der Waals surface area (Å²) in [5.74, 6) is -1.95. The number of benzene rings is 8. The molecule has 0 saturated heterocycles. The molecular weight excluding hydrogens is 1020 g/mol. The van der Waals surface area contributed by atoms with Gasteiger partial charge in [-0.2, -0.15) is 20.4 Å². The van der Waals surface area contributed by atoms with Crippen LogP contribution < -0.4 is 21.7 Å². The number of amides is 4. The van der Waals surface area contributed by atoms with E-state index in [0.29, 0.717) is 0 Å². The van der Waals surface area contributed by atoms with Crippen molar-refractivity contribution in [2.75, 3.05) is 0 Å². The highest BCUT2D eigenvalue weighted by atomic mass is 19.1. The lowest BCUT2D eigenvalue weighted by atomic mass is 10.1. The molecule has 0 bridgehead atoms. The second-order valence-electron chi connectivity index (χ2n) is 18.0. The molecule has 8 rings (SSSR count). The third kappa shape index (κ3) is 25.3. The van der Waals surface area contributed by atoms with Crippen molar-refractivity contribution in [1.82, 2.24) is 21.7 Å². The van der Waals surface area contributed by atoms with Crippen LogP contribution in [-0.4, -0.2) is 48.5 Å². The van der Waals surface area contributed by atoms with Crippen LogP contribution >= 0.6 is 0 Å². The van der Waals surface area contributed by atoms with E-state index in [2.05, 4.69) is 42.1 Å². The Morgan fingerprint density at radius 1 is 0.312 bits per heavy atom. The van der Waals surface area contributed by atoms with Crippen molar-refractivity contribution in [3.8, 4) is 0 Å². The minimum Gasteiger partial charge on any atom is -0.273 e. The molecule has 80 heavy (non-hydrogen) atoms. The molecule has 0 spiro atoms. The second kappa shape index (κ2) is 33.3. The van der Waals surface area contributed by atoms with Gasteiger partial charge in [0.25, 0.3) is 0 Å². The molecule has 0 saturated carbocycles. The molecule has 0 aliphatic rings. The van der Waals surface area contributed by atoms with E-state index in [1.54, 1.807) is 48.5 Å². The average molecular weight is 1080 g/mol. The molecule has 8 aromatic carbocycles. The highest BCUT2D eigenvalue weighted by Gasteiger charge is 2.06. The van der Waals surface area contributed by atoms with Gasteiger partial charge < -0.3 is 0 Å². The fraction of sp³-hybridized carbons (Fsp3) is 0.125. The summed E-state index contributed by atoms with van der Waals surface area (Å²) in [6.07, 6.45) is 7.04. The van der Waals surface area contributed by atoms with Crippen LogP contribution in [0.2, 0.25) is 0 Å². The normalized spacial score (nSPS) is 10.7. The molecule has 0 unspecified atom stereocenters. The third-order valence-electron chi connectivity index (χ3n) is 10.9. The van der Waals surface area contributed by atoms with Crippen LogP contribution in [0.15, 0.2) is 215 Å². The first-order valence-corrected chi connectivity index (χ1v) is 25.1. The molecule has 408 valence electrons. The highest BCUT2D eigenvalue weighted by Crippen LogP contribution is 2.09. The van der Waals surface area contributed by atoms with E-state index in [1.807, 2.05) is 125 Å². The molecule has 12 nitrogen and oxygen atoms in total. The third-order valence-corrected chi connectivity index (χ3v) is 10.9. The molecule has 4 N–H and O–H groups in total. The van der Waals surface area contributed by atoms with Crippen LogP contribution in [0.3, 0.4) is 0 Å². The smallest absolute Gasteiger partial charge is 0.244 e. The Balaban J connectivity index is 0.000000196. The first-order chi connectivity index (χ1) is 38.5. The van der Waals surface area contributed by atoms with E-state index < -0.39 is 0 Å². The molecule has 0 aliphatic heterocycles. The van der Waals surface area contributed by atoms with E-state index in [4.69, 9.17) is 0 Å². The van der Waals surface area contributed by atoms with Crippen molar-refractivity contribution in [3.05, 3.63) is 284 Å². The van der Waals surface area contributed by atoms with Gasteiger partial charge in [-0.05, 0) is 121 Å². The van der Waals surface area contributed by atoms with Gasteiger partial charge in [0.2, 0.25) is 23.6 Å². The number of aryl methyl sites for hydroxylation is 4. The maximum atomic E-state index is 12.7. The fourth-order valence-electron chi connectivity index (χ4n) is 7.10. The van der Waals surface area contributed by atoms with Crippen molar-refractivity contribution in [3.63, 3.8) is 0 Å². The number of carbonyl (C=O) groups excluding carboxylic acids is 4. The SMILES string of the molecule is Cc1cccc(CC(=O)N/N=C/c2ccc(F)cc2)c1.Cc1cccc(CC(=O)N/N=C/c2ccc(F)cc2)c1.Cc1cccc(CC(=O)N/N=C/c2ccc(F)cc2)c1.Cc1cccc(CC(=O)N/N=C/c2ccc(F)cc2)c1. The summed E-state index contributed by atoms with van der Waals surface area (Å²) < 4.78 is 50.8. The maximum Gasteiger partial charge on any atom is 0.244 e. The van der Waals surface area contributed by atoms with Gasteiger partial charge in [-0.3, -0.25) is 19.2 Å². The summed E-state index contributed by atoms with van der Waals surface area (Å²) >= 11 is 0. The Morgan fingerprint density at radius 3 is 0.675 bits per heavy atom. The molecule has 8 aromatic rings. The van der Waals surface area contributed by atoms with E-state index >= 15 is 0 Å². The number of nitrogens with zero attached hydrogens (tertiary/aromatic N) is 4. The zero-order valence-electron chi connectivity index (χ0n) is 44.5. The molecule has 0 radical (unpaired) electrons. The minimum absolute atomic E-state index is 0.186. The second-order valence-corrected chi connectivity index (χ2v) is 18.0. The molecule has 0 aliphatic carbocycles. The van der Waals surface area contributed by atoms with Gasteiger partial charge >= 0.3 is 0 Å². The minimum atomic E-state index is -0.300. The highest BCUT2D eigenvalue weighted by molar-refractivity contribution is 5.85. The Morgan fingerprint density at radius 2 is 0.500 bits per heavy atom. The summed E-state index contributed by atoms with van der Waals surface area (Å²) in [4.78, 5) is 46.7. The Labute approximate surface area is 463 Å². The van der Waals surface area contributed by atoms with Gasteiger partial charge in [0.1, 0.15) is 23.3 Å². The predicted octanol–water partition coefficient (Wildman–Crippen LogP) is 11.3. The number of carbonyl (C=O) groups is 4. The lowest BCUT2D eigenvalue weighted by Crippen LogP contribution is -2.19. The molecule has 0 atom stereocenters. The number of rotatable bonds is 16. The zero-order chi connectivity index (χ0) is 57.5. The van der Waals surface area contributed by atoms with Crippen molar-refractivity contribution < 1.29 is 36.7 Å². The maximum absolute atomic E-state index is 12.7. The van der Waals surface area contributed by atoms with Crippen molar-refractivity contribution in [1.29, 1.82) is 0 Å². The lowest BCUT2D eigenvalue weighted by molar-refractivity contribution is -0.121. The number of hydrazone groups is 4. The van der Waals surface area contributed by atoms with Gasteiger partial charge in [0.05, 0.1) is 50.5 Å². The predicted molar refractivity (Wildman–Crippen MR) is 308 cm³/mol. The summed E-state index contributed by atoms with van der Waals surface area (Å²) in [5.41, 5.74) is 20.9. The summed E-state index contributed by atoms with van der Waals surface area (Å²) in [6, 6.07) is 54.5. The fourth-order valence-corrected chi connectivity index (χ4v) is 7.10. The van der Waals surface area contributed by atoms with Crippen LogP contribution in [0.1, 0.15) is 66.8 Å². The zero-order valence-corrected chi connectivity index (χ0v) is 44.5. The topological polar surface area (TPSA) is 166 Å². The van der Waals surface area contributed by atoms with Gasteiger partial charge in [0, 0.05) is 0 Å². The van der Waals surface area contributed by atoms with Gasteiger partial charge in [-0.25, -0.2) is 39.3 Å². The standard InChI is InChI=1S/4C16H15FN2O/c4*1-12-3-2-4-14(9-12)10-16(20)19-18-11-13-5-7-15(17)8-6-13/h4*2-9,11H,10H2,1H3,(H,19,20)/b4*18-11+. The number of hydrogen-bond acceptors (Lipinski definition) is 8. The molecular formula is C64H60F4N8O4. The van der Waals surface area contributed by atoms with Crippen LogP contribution in [0.4, 0.5) is 17.6 Å². The van der Waals surface area contributed by atoms with Crippen LogP contribution in [0, 0.1) is 51.0 Å². The van der Waals surface area contributed by atoms with E-state index in [0.717, 1.165) is 66.8 Å². The lowest BCUT2D eigenvalue weighted by Gasteiger charge is -2.01. The van der Waals surface area contributed by atoms with E-state index in [9.17, 15) is 36.7 Å². The summed E-state index contributed by atoms with van der Waals surface area (Å²) in [7, 11) is 0. The summed E-state index contributed by atoms with van der Waals surface area (Å²) in [5, 5.41) is 15.4. The van der Waals surface area contributed by atoms with Crippen LogP contribution in [0.5, 0.6) is 0 Å².